The van der Waals surface area contributed by atoms with E-state index >= 15 is 0 Å². The van der Waals surface area contributed by atoms with Gasteiger partial charge < -0.3 is 10.2 Å². The Morgan fingerprint density at radius 1 is 0.737 bits per heavy atom. The van der Waals surface area contributed by atoms with E-state index in [9.17, 15) is 14.7 Å². The number of hydrogen-bond acceptors (Lipinski definition) is 2. The summed E-state index contributed by atoms with van der Waals surface area (Å²) in [5.41, 5.74) is -1.04. The molecule has 1 rings (SSSR count). The van der Waals surface area contributed by atoms with Gasteiger partial charge in [0.1, 0.15) is 0 Å². The molecule has 19 heavy (non-hydrogen) atoms. The fraction of sp³-hybridized carbons (Fsp3) is 0.867. The van der Waals surface area contributed by atoms with Crippen LogP contribution < -0.4 is 0 Å². The molecule has 0 aliphatic heterocycles. The summed E-state index contributed by atoms with van der Waals surface area (Å²) in [4.78, 5) is 22.6. The maximum Gasteiger partial charge on any atom is 0.310 e. The topological polar surface area (TPSA) is 74.6 Å². The van der Waals surface area contributed by atoms with Crippen LogP contribution >= 0.6 is 0 Å². The van der Waals surface area contributed by atoms with E-state index in [2.05, 4.69) is 0 Å². The second kappa shape index (κ2) is 8.18. The van der Waals surface area contributed by atoms with E-state index in [4.69, 9.17) is 5.11 Å². The highest BCUT2D eigenvalue weighted by Crippen LogP contribution is 2.36. The zero-order chi connectivity index (χ0) is 14.1. The summed E-state index contributed by atoms with van der Waals surface area (Å²) < 4.78 is 0. The lowest BCUT2D eigenvalue weighted by Crippen LogP contribution is -2.34. The van der Waals surface area contributed by atoms with Crippen molar-refractivity contribution in [1.82, 2.24) is 0 Å². The fourth-order valence-electron chi connectivity index (χ4n) is 3.04. The molecule has 1 saturated carbocycles. The lowest BCUT2D eigenvalue weighted by molar-refractivity contribution is -0.157. The Labute approximate surface area is 115 Å². The van der Waals surface area contributed by atoms with Gasteiger partial charge in [0.05, 0.1) is 11.8 Å². The molecule has 0 radical (unpaired) electrons. The van der Waals surface area contributed by atoms with Crippen LogP contribution in [0, 0.1) is 5.41 Å². The zero-order valence-corrected chi connectivity index (χ0v) is 11.7. The summed E-state index contributed by atoms with van der Waals surface area (Å²) in [6.45, 7) is 0. The van der Waals surface area contributed by atoms with Gasteiger partial charge in [-0.05, 0) is 12.8 Å². The Hall–Kier alpha value is -1.06. The van der Waals surface area contributed by atoms with Gasteiger partial charge in [-0.25, -0.2) is 0 Å². The molecule has 0 aromatic carbocycles. The maximum atomic E-state index is 11.6. The standard InChI is InChI=1S/C15H26O4/c16-13(17)12-15(14(18)19)10-8-6-4-2-1-3-5-7-9-11-15/h1-12H2,(H,16,17)(H,18,19). The van der Waals surface area contributed by atoms with Crippen LogP contribution in [-0.4, -0.2) is 22.2 Å². The van der Waals surface area contributed by atoms with Gasteiger partial charge in [0, 0.05) is 0 Å². The summed E-state index contributed by atoms with van der Waals surface area (Å²) in [7, 11) is 0. The summed E-state index contributed by atoms with van der Waals surface area (Å²) in [6, 6.07) is 0. The van der Waals surface area contributed by atoms with Crippen molar-refractivity contribution in [3.63, 3.8) is 0 Å². The average Bonchev–Trinajstić information content (AvgIpc) is 2.32. The highest BCUT2D eigenvalue weighted by Gasteiger charge is 2.39. The highest BCUT2D eigenvalue weighted by molar-refractivity contribution is 5.81. The van der Waals surface area contributed by atoms with Crippen molar-refractivity contribution in [3.05, 3.63) is 0 Å². The molecule has 0 bridgehead atoms. The molecule has 0 unspecified atom stereocenters. The molecule has 0 atom stereocenters. The van der Waals surface area contributed by atoms with Crippen molar-refractivity contribution >= 4 is 11.9 Å². The zero-order valence-electron chi connectivity index (χ0n) is 11.7. The van der Waals surface area contributed by atoms with E-state index in [-0.39, 0.29) is 6.42 Å². The quantitative estimate of drug-likeness (QED) is 0.817. The Kier molecular flexibility index (Phi) is 6.89. The molecular weight excluding hydrogens is 244 g/mol. The van der Waals surface area contributed by atoms with Crippen LogP contribution in [0.15, 0.2) is 0 Å². The third-order valence-corrected chi connectivity index (χ3v) is 4.25. The molecular formula is C15H26O4. The van der Waals surface area contributed by atoms with Crippen LogP contribution in [0.4, 0.5) is 0 Å². The first-order chi connectivity index (χ1) is 9.07. The minimum absolute atomic E-state index is 0.234. The van der Waals surface area contributed by atoms with Crippen molar-refractivity contribution in [1.29, 1.82) is 0 Å². The largest absolute Gasteiger partial charge is 0.481 e. The van der Waals surface area contributed by atoms with Crippen LogP contribution in [0.25, 0.3) is 0 Å². The number of carboxylic acids is 2. The van der Waals surface area contributed by atoms with E-state index in [1.165, 1.54) is 19.3 Å². The number of hydrogen-bond donors (Lipinski definition) is 2. The fourth-order valence-corrected chi connectivity index (χ4v) is 3.04. The van der Waals surface area contributed by atoms with Gasteiger partial charge in [-0.1, -0.05) is 57.8 Å². The monoisotopic (exact) mass is 270 g/mol. The SMILES string of the molecule is O=C(O)CC1(C(=O)O)CCCCCCCCCCC1. The van der Waals surface area contributed by atoms with Crippen molar-refractivity contribution in [2.45, 2.75) is 77.0 Å². The summed E-state index contributed by atoms with van der Waals surface area (Å²) in [6.07, 6.45) is 10.5. The summed E-state index contributed by atoms with van der Waals surface area (Å²) in [5.74, 6) is -1.92. The molecule has 1 aliphatic carbocycles. The lowest BCUT2D eigenvalue weighted by Gasteiger charge is -2.28. The number of carboxylic acid groups (broad SMARTS) is 2. The molecule has 4 heteroatoms. The van der Waals surface area contributed by atoms with Crippen LogP contribution in [0.3, 0.4) is 0 Å². The van der Waals surface area contributed by atoms with Crippen molar-refractivity contribution in [2.75, 3.05) is 0 Å². The molecule has 0 spiro atoms. The van der Waals surface area contributed by atoms with Gasteiger partial charge in [0.2, 0.25) is 0 Å². The molecule has 0 aromatic heterocycles. The number of aliphatic carboxylic acids is 2. The predicted molar refractivity (Wildman–Crippen MR) is 73.1 cm³/mol. The van der Waals surface area contributed by atoms with E-state index in [0.717, 1.165) is 38.5 Å². The molecule has 0 aromatic rings. The van der Waals surface area contributed by atoms with Crippen LogP contribution in [0.5, 0.6) is 0 Å². The van der Waals surface area contributed by atoms with Gasteiger partial charge in [0.15, 0.2) is 0 Å². The number of carbonyl (C=O) groups is 2. The third kappa shape index (κ3) is 5.62. The second-order valence-electron chi connectivity index (χ2n) is 5.84. The highest BCUT2D eigenvalue weighted by atomic mass is 16.4. The van der Waals surface area contributed by atoms with Crippen LogP contribution in [0.2, 0.25) is 0 Å². The first-order valence-electron chi connectivity index (χ1n) is 7.52. The lowest BCUT2D eigenvalue weighted by atomic mass is 9.75. The average molecular weight is 270 g/mol. The van der Waals surface area contributed by atoms with Crippen molar-refractivity contribution in [3.8, 4) is 0 Å². The van der Waals surface area contributed by atoms with E-state index in [1.807, 2.05) is 0 Å². The molecule has 1 fully saturated rings. The van der Waals surface area contributed by atoms with Crippen LogP contribution in [0.1, 0.15) is 77.0 Å². The minimum Gasteiger partial charge on any atom is -0.481 e. The van der Waals surface area contributed by atoms with Gasteiger partial charge in [-0.15, -0.1) is 0 Å². The van der Waals surface area contributed by atoms with Crippen molar-refractivity contribution in [2.24, 2.45) is 5.41 Å². The predicted octanol–water partition coefficient (Wildman–Crippen LogP) is 3.84. The Morgan fingerprint density at radius 2 is 1.11 bits per heavy atom. The molecule has 0 heterocycles. The van der Waals surface area contributed by atoms with E-state index in [1.54, 1.807) is 0 Å². The van der Waals surface area contributed by atoms with Gasteiger partial charge >= 0.3 is 11.9 Å². The van der Waals surface area contributed by atoms with Gasteiger partial charge in [-0.2, -0.15) is 0 Å². The van der Waals surface area contributed by atoms with Gasteiger partial charge in [-0.3, -0.25) is 9.59 Å². The first-order valence-corrected chi connectivity index (χ1v) is 7.52. The molecule has 2 N–H and O–H groups in total. The Bertz CT molecular complexity index is 287. The molecule has 0 amide bonds. The van der Waals surface area contributed by atoms with E-state index < -0.39 is 17.4 Å². The first kappa shape index (κ1) is 16.0. The normalized spacial score (nSPS) is 21.9. The maximum absolute atomic E-state index is 11.6. The smallest absolute Gasteiger partial charge is 0.310 e. The second-order valence-corrected chi connectivity index (χ2v) is 5.84. The van der Waals surface area contributed by atoms with Crippen molar-refractivity contribution < 1.29 is 19.8 Å². The van der Waals surface area contributed by atoms with Crippen LogP contribution in [-0.2, 0) is 9.59 Å². The van der Waals surface area contributed by atoms with Gasteiger partial charge in [0.25, 0.3) is 0 Å². The Balaban J connectivity index is 2.69. The van der Waals surface area contributed by atoms with E-state index in [0.29, 0.717) is 12.8 Å². The molecule has 110 valence electrons. The summed E-state index contributed by atoms with van der Waals surface area (Å²) in [5, 5.41) is 18.5. The Morgan fingerprint density at radius 3 is 1.42 bits per heavy atom. The minimum atomic E-state index is -1.04. The number of rotatable bonds is 3. The molecule has 4 nitrogen and oxygen atoms in total. The summed E-state index contributed by atoms with van der Waals surface area (Å²) >= 11 is 0. The molecule has 0 saturated heterocycles. The molecule has 1 aliphatic rings. The third-order valence-electron chi connectivity index (χ3n) is 4.25.